The Labute approximate surface area is 72.7 Å². The zero-order chi connectivity index (χ0) is 10.2. The Hall–Kier alpha value is -0.100. The summed E-state index contributed by atoms with van der Waals surface area (Å²) < 4.78 is 67.8. The van der Waals surface area contributed by atoms with Crippen molar-refractivity contribution in [2.24, 2.45) is 0 Å². The van der Waals surface area contributed by atoms with Gasteiger partial charge in [0.25, 0.3) is 0 Å². The van der Waals surface area contributed by atoms with Crippen molar-refractivity contribution in [2.75, 3.05) is 0 Å². The zero-order valence-corrected chi connectivity index (χ0v) is 6.54. The van der Waals surface area contributed by atoms with Crippen molar-refractivity contribution in [3.8, 4) is 0 Å². The molecule has 0 amide bonds. The van der Waals surface area contributed by atoms with Crippen molar-refractivity contribution in [3.05, 3.63) is 10.3 Å². The first-order valence-electron chi connectivity index (χ1n) is 2.26. The van der Waals surface area contributed by atoms with Gasteiger partial charge in [0.1, 0.15) is 4.49 Å². The highest BCUT2D eigenvalue weighted by Crippen LogP contribution is 2.43. The first kappa shape index (κ1) is 11.9. The highest BCUT2D eigenvalue weighted by Gasteiger charge is 2.62. The van der Waals surface area contributed by atoms with Crippen molar-refractivity contribution in [1.82, 2.24) is 0 Å². The van der Waals surface area contributed by atoms with Crippen molar-refractivity contribution < 1.29 is 26.3 Å². The maximum Gasteiger partial charge on any atom is 0.460 e. The molecule has 0 N–H and O–H groups in total. The van der Waals surface area contributed by atoms with Gasteiger partial charge in [-0.2, -0.15) is 22.0 Å². The molecule has 0 unspecified atom stereocenters. The largest absolute Gasteiger partial charge is 0.460 e. The van der Waals surface area contributed by atoms with Crippen LogP contribution in [0.1, 0.15) is 0 Å². The van der Waals surface area contributed by atoms with Crippen LogP contribution in [0.2, 0.25) is 0 Å². The summed E-state index contributed by atoms with van der Waals surface area (Å²) in [5.74, 6) is -8.54. The van der Waals surface area contributed by atoms with Crippen molar-refractivity contribution in [1.29, 1.82) is 0 Å². The minimum Gasteiger partial charge on any atom is -0.202 e. The molecule has 0 aromatic rings. The molecule has 0 aliphatic carbocycles. The average molecular weight is 233 g/mol. The van der Waals surface area contributed by atoms with Gasteiger partial charge in [0.2, 0.25) is 5.83 Å². The molecular weight excluding hydrogens is 233 g/mol. The van der Waals surface area contributed by atoms with Crippen molar-refractivity contribution in [3.63, 3.8) is 0 Å². The van der Waals surface area contributed by atoms with Gasteiger partial charge in [0.15, 0.2) is 0 Å². The van der Waals surface area contributed by atoms with Crippen LogP contribution in [0.15, 0.2) is 10.3 Å². The van der Waals surface area contributed by atoms with E-state index in [1.807, 2.05) is 0 Å². The fraction of sp³-hybridized carbons (Fsp3) is 0.500. The van der Waals surface area contributed by atoms with E-state index in [-0.39, 0.29) is 0 Å². The number of allylic oxidation sites excluding steroid dienone is 1. The van der Waals surface area contributed by atoms with Gasteiger partial charge in [0.05, 0.1) is 0 Å². The maximum atomic E-state index is 11.9. The van der Waals surface area contributed by atoms with Crippen molar-refractivity contribution in [2.45, 2.75) is 12.1 Å². The van der Waals surface area contributed by atoms with Crippen LogP contribution >= 0.6 is 23.2 Å². The Balaban J connectivity index is 5.01. The third-order valence-electron chi connectivity index (χ3n) is 0.798. The minimum absolute atomic E-state index is 1.74. The van der Waals surface area contributed by atoms with Gasteiger partial charge >= 0.3 is 12.1 Å². The molecule has 0 atom stereocenters. The van der Waals surface area contributed by atoms with Crippen LogP contribution in [0.25, 0.3) is 0 Å². The molecule has 0 aliphatic heterocycles. The minimum atomic E-state index is -6.04. The Morgan fingerprint density at radius 2 is 1.25 bits per heavy atom. The van der Waals surface area contributed by atoms with E-state index < -0.39 is 22.4 Å². The summed E-state index contributed by atoms with van der Waals surface area (Å²) >= 11 is 8.82. The molecule has 0 rings (SSSR count). The summed E-state index contributed by atoms with van der Waals surface area (Å²) in [4.78, 5) is 0. The summed E-state index contributed by atoms with van der Waals surface area (Å²) in [7, 11) is 0. The first-order valence-corrected chi connectivity index (χ1v) is 3.02. The third-order valence-corrected chi connectivity index (χ3v) is 1.13. The molecule has 0 nitrogen and oxygen atoms in total. The van der Waals surface area contributed by atoms with Gasteiger partial charge in [-0.3, -0.25) is 0 Å². The molecule has 0 fully saturated rings. The first-order chi connectivity index (χ1) is 5.10. The van der Waals surface area contributed by atoms with Crippen LogP contribution in [0.3, 0.4) is 0 Å². The van der Waals surface area contributed by atoms with E-state index in [1.54, 1.807) is 0 Å². The molecule has 0 spiro atoms. The van der Waals surface area contributed by atoms with Crippen molar-refractivity contribution >= 4 is 23.2 Å². The molecule has 12 heavy (non-hydrogen) atoms. The van der Waals surface area contributed by atoms with Crippen LogP contribution in [0.4, 0.5) is 26.3 Å². The molecule has 72 valence electrons. The van der Waals surface area contributed by atoms with Crippen LogP contribution in [0, 0.1) is 0 Å². The predicted octanol–water partition coefficient (Wildman–Crippen LogP) is 3.80. The average Bonchev–Trinajstić information content (AvgIpc) is 1.83. The van der Waals surface area contributed by atoms with E-state index >= 15 is 0 Å². The van der Waals surface area contributed by atoms with Gasteiger partial charge in [-0.25, -0.2) is 4.39 Å². The normalized spacial score (nSPS) is 13.0. The zero-order valence-electron chi connectivity index (χ0n) is 5.02. The Morgan fingerprint density at radius 1 is 0.917 bits per heavy atom. The number of halogens is 8. The summed E-state index contributed by atoms with van der Waals surface area (Å²) in [6.07, 6.45) is -6.04. The van der Waals surface area contributed by atoms with E-state index in [1.165, 1.54) is 0 Å². The lowest BCUT2D eigenvalue weighted by Crippen LogP contribution is -2.37. The fourth-order valence-corrected chi connectivity index (χ4v) is 0.480. The lowest BCUT2D eigenvalue weighted by molar-refractivity contribution is -0.270. The topological polar surface area (TPSA) is 0 Å². The molecule has 0 heterocycles. The Morgan fingerprint density at radius 3 is 1.33 bits per heavy atom. The molecule has 0 saturated heterocycles. The highest BCUT2D eigenvalue weighted by molar-refractivity contribution is 6.56. The molecule has 8 heteroatoms. The third kappa shape index (κ3) is 2.20. The summed E-state index contributed by atoms with van der Waals surface area (Å²) in [5, 5.41) is 0. The Bertz CT molecular complexity index is 200. The van der Waals surface area contributed by atoms with E-state index in [4.69, 9.17) is 0 Å². The second kappa shape index (κ2) is 3.33. The fourth-order valence-electron chi connectivity index (χ4n) is 0.243. The van der Waals surface area contributed by atoms with E-state index in [0.29, 0.717) is 0 Å². The van der Waals surface area contributed by atoms with Gasteiger partial charge < -0.3 is 0 Å². The molecular formula is C4Cl2F6. The van der Waals surface area contributed by atoms with E-state index in [9.17, 15) is 26.3 Å². The maximum absolute atomic E-state index is 11.9. The SMILES string of the molecule is FC(=C(Cl)Cl)C(F)(F)C(F)(F)F. The monoisotopic (exact) mass is 232 g/mol. The van der Waals surface area contributed by atoms with E-state index in [0.717, 1.165) is 0 Å². The standard InChI is InChI=1S/C4Cl2F6/c5-2(6)1(7)3(8,9)4(10,11)12. The molecule has 0 saturated carbocycles. The van der Waals surface area contributed by atoms with E-state index in [2.05, 4.69) is 23.2 Å². The van der Waals surface area contributed by atoms with Gasteiger partial charge in [0, 0.05) is 0 Å². The molecule has 0 radical (unpaired) electrons. The number of hydrogen-bond donors (Lipinski definition) is 0. The number of alkyl halides is 5. The molecule has 0 bridgehead atoms. The quantitative estimate of drug-likeness (QED) is 0.604. The Kier molecular flexibility index (Phi) is 3.31. The summed E-state index contributed by atoms with van der Waals surface area (Å²) in [5.41, 5.74) is 0. The van der Waals surface area contributed by atoms with Gasteiger partial charge in [-0.05, 0) is 0 Å². The van der Waals surface area contributed by atoms with Crippen LogP contribution in [0.5, 0.6) is 0 Å². The van der Waals surface area contributed by atoms with Gasteiger partial charge in [-0.1, -0.05) is 23.2 Å². The number of rotatable bonds is 1. The molecule has 0 aliphatic rings. The number of hydrogen-bond acceptors (Lipinski definition) is 0. The predicted molar refractivity (Wildman–Crippen MR) is 30.8 cm³/mol. The molecule has 0 aromatic heterocycles. The van der Waals surface area contributed by atoms with Gasteiger partial charge in [-0.15, -0.1) is 0 Å². The molecule has 0 aromatic carbocycles. The summed E-state index contributed by atoms with van der Waals surface area (Å²) in [6.45, 7) is 0. The summed E-state index contributed by atoms with van der Waals surface area (Å²) in [6, 6.07) is 0. The lowest BCUT2D eigenvalue weighted by Gasteiger charge is -2.17. The second-order valence-electron chi connectivity index (χ2n) is 1.65. The van der Waals surface area contributed by atoms with Crippen LogP contribution in [-0.2, 0) is 0 Å². The second-order valence-corrected chi connectivity index (χ2v) is 2.60. The van der Waals surface area contributed by atoms with Crippen LogP contribution in [-0.4, -0.2) is 12.1 Å². The smallest absolute Gasteiger partial charge is 0.202 e. The van der Waals surface area contributed by atoms with Crippen LogP contribution < -0.4 is 0 Å². The lowest BCUT2D eigenvalue weighted by atomic mass is 10.3. The highest BCUT2D eigenvalue weighted by atomic mass is 35.5.